The smallest absolute Gasteiger partial charge is 0.253 e. The van der Waals surface area contributed by atoms with Crippen LogP contribution in [0, 0.1) is 0 Å². The van der Waals surface area contributed by atoms with E-state index in [1.54, 1.807) is 0 Å². The van der Waals surface area contributed by atoms with Crippen molar-refractivity contribution in [2.45, 2.75) is 24.8 Å². The summed E-state index contributed by atoms with van der Waals surface area (Å²) >= 11 is 5.76. The Morgan fingerprint density at radius 3 is 2.26 bits per heavy atom. The minimum absolute atomic E-state index is 0.150. The lowest BCUT2D eigenvalue weighted by Crippen LogP contribution is -2.49. The van der Waals surface area contributed by atoms with Crippen LogP contribution in [0.15, 0.2) is 24.3 Å². The largest absolute Gasteiger partial charge is 0.336 e. The number of hydrogen-bond acceptors (Lipinski definition) is 2. The van der Waals surface area contributed by atoms with Crippen LogP contribution in [0.3, 0.4) is 0 Å². The lowest BCUT2D eigenvalue weighted by Gasteiger charge is -2.34. The van der Waals surface area contributed by atoms with Crippen molar-refractivity contribution in [3.05, 3.63) is 35.4 Å². The minimum Gasteiger partial charge on any atom is -0.336 e. The first-order chi connectivity index (χ1) is 9.28. The van der Waals surface area contributed by atoms with E-state index >= 15 is 0 Å². The highest BCUT2D eigenvalue weighted by Gasteiger charge is 2.32. The Morgan fingerprint density at radius 1 is 1.11 bits per heavy atom. The van der Waals surface area contributed by atoms with Gasteiger partial charge in [0.2, 0.25) is 0 Å². The maximum Gasteiger partial charge on any atom is 0.253 e. The molecule has 19 heavy (non-hydrogen) atoms. The fourth-order valence-corrected chi connectivity index (χ4v) is 2.83. The van der Waals surface area contributed by atoms with Crippen LogP contribution in [0.2, 0.25) is 0 Å². The molecule has 0 aromatic heterocycles. The summed E-state index contributed by atoms with van der Waals surface area (Å²) in [7, 11) is 0. The molecule has 2 fully saturated rings. The normalized spacial score (nSPS) is 20.6. The molecule has 3 rings (SSSR count). The van der Waals surface area contributed by atoms with Crippen molar-refractivity contribution in [2.24, 2.45) is 0 Å². The molecule has 1 aliphatic heterocycles. The highest BCUT2D eigenvalue weighted by molar-refractivity contribution is 6.17. The molecular weight excluding hydrogens is 260 g/mol. The number of halogens is 1. The van der Waals surface area contributed by atoms with Gasteiger partial charge in [-0.15, -0.1) is 11.6 Å². The standard InChI is InChI=1S/C15H19ClN2O/c16-11-12-1-3-13(4-2-12)15(19)18-9-7-17(8-10-18)14-5-6-14/h1-4,14H,5-11H2. The number of nitrogens with zero attached hydrogens (tertiary/aromatic N) is 2. The zero-order valence-corrected chi connectivity index (χ0v) is 11.8. The topological polar surface area (TPSA) is 23.6 Å². The van der Waals surface area contributed by atoms with Gasteiger partial charge in [0.15, 0.2) is 0 Å². The summed E-state index contributed by atoms with van der Waals surface area (Å²) in [6.07, 6.45) is 2.68. The van der Waals surface area contributed by atoms with Gasteiger partial charge in [0.25, 0.3) is 5.91 Å². The molecule has 1 amide bonds. The first kappa shape index (κ1) is 12.9. The third-order valence-corrected chi connectivity index (χ3v) is 4.33. The van der Waals surface area contributed by atoms with E-state index in [2.05, 4.69) is 4.90 Å². The molecule has 0 unspecified atom stereocenters. The van der Waals surface area contributed by atoms with Gasteiger partial charge in [0.05, 0.1) is 0 Å². The number of piperazine rings is 1. The molecule has 2 aliphatic rings. The second kappa shape index (κ2) is 5.51. The average Bonchev–Trinajstić information content (AvgIpc) is 3.31. The van der Waals surface area contributed by atoms with Gasteiger partial charge >= 0.3 is 0 Å². The predicted octanol–water partition coefficient (Wildman–Crippen LogP) is 2.35. The molecule has 0 radical (unpaired) electrons. The summed E-state index contributed by atoms with van der Waals surface area (Å²) in [4.78, 5) is 16.8. The molecule has 0 bridgehead atoms. The Balaban J connectivity index is 1.60. The Labute approximate surface area is 119 Å². The monoisotopic (exact) mass is 278 g/mol. The van der Waals surface area contributed by atoms with Crippen LogP contribution in [0.5, 0.6) is 0 Å². The van der Waals surface area contributed by atoms with Crippen LogP contribution in [0.1, 0.15) is 28.8 Å². The number of hydrogen-bond donors (Lipinski definition) is 0. The van der Waals surface area contributed by atoms with E-state index in [1.165, 1.54) is 12.8 Å². The van der Waals surface area contributed by atoms with Crippen LogP contribution in [0.4, 0.5) is 0 Å². The maximum absolute atomic E-state index is 12.4. The van der Waals surface area contributed by atoms with Gasteiger partial charge in [-0.3, -0.25) is 9.69 Å². The third-order valence-electron chi connectivity index (χ3n) is 4.02. The van der Waals surface area contributed by atoms with Gasteiger partial charge in [-0.05, 0) is 30.5 Å². The average molecular weight is 279 g/mol. The molecule has 0 atom stereocenters. The van der Waals surface area contributed by atoms with E-state index in [0.717, 1.165) is 43.3 Å². The van der Waals surface area contributed by atoms with Crippen LogP contribution in [-0.4, -0.2) is 47.9 Å². The number of carbonyl (C=O) groups excluding carboxylic acids is 1. The fraction of sp³-hybridized carbons (Fsp3) is 0.533. The second-order valence-corrected chi connectivity index (χ2v) is 5.66. The summed E-state index contributed by atoms with van der Waals surface area (Å²) in [5.74, 6) is 0.644. The molecule has 1 saturated heterocycles. The van der Waals surface area contributed by atoms with Gasteiger partial charge < -0.3 is 4.90 Å². The van der Waals surface area contributed by atoms with Crippen LogP contribution < -0.4 is 0 Å². The molecular formula is C15H19ClN2O. The summed E-state index contributed by atoms with van der Waals surface area (Å²) in [6.45, 7) is 3.76. The van der Waals surface area contributed by atoms with E-state index in [9.17, 15) is 4.79 Å². The number of carbonyl (C=O) groups is 1. The number of rotatable bonds is 3. The van der Waals surface area contributed by atoms with Crippen molar-refractivity contribution < 1.29 is 4.79 Å². The molecule has 1 aliphatic carbocycles. The number of benzene rings is 1. The summed E-state index contributed by atoms with van der Waals surface area (Å²) in [5.41, 5.74) is 1.82. The Morgan fingerprint density at radius 2 is 1.74 bits per heavy atom. The van der Waals surface area contributed by atoms with Gasteiger partial charge in [0.1, 0.15) is 0 Å². The molecule has 1 aromatic carbocycles. The van der Waals surface area contributed by atoms with Gasteiger partial charge in [-0.25, -0.2) is 0 Å². The van der Waals surface area contributed by atoms with Crippen molar-refractivity contribution in [1.29, 1.82) is 0 Å². The van der Waals surface area contributed by atoms with E-state index < -0.39 is 0 Å². The van der Waals surface area contributed by atoms with Crippen molar-refractivity contribution >= 4 is 17.5 Å². The molecule has 1 aromatic rings. The van der Waals surface area contributed by atoms with Gasteiger partial charge in [-0.2, -0.15) is 0 Å². The molecule has 1 heterocycles. The zero-order chi connectivity index (χ0) is 13.2. The van der Waals surface area contributed by atoms with Crippen molar-refractivity contribution in [2.75, 3.05) is 26.2 Å². The number of amides is 1. The Hall–Kier alpha value is -1.06. The van der Waals surface area contributed by atoms with Crippen LogP contribution >= 0.6 is 11.6 Å². The van der Waals surface area contributed by atoms with E-state index in [-0.39, 0.29) is 5.91 Å². The first-order valence-corrected chi connectivity index (χ1v) is 7.49. The third kappa shape index (κ3) is 2.93. The zero-order valence-electron chi connectivity index (χ0n) is 11.0. The van der Waals surface area contributed by atoms with Crippen molar-refractivity contribution in [3.63, 3.8) is 0 Å². The van der Waals surface area contributed by atoms with Crippen LogP contribution in [-0.2, 0) is 5.88 Å². The van der Waals surface area contributed by atoms with Crippen molar-refractivity contribution in [1.82, 2.24) is 9.80 Å². The van der Waals surface area contributed by atoms with Gasteiger partial charge in [-0.1, -0.05) is 12.1 Å². The lowest BCUT2D eigenvalue weighted by molar-refractivity contribution is 0.0627. The minimum atomic E-state index is 0.150. The predicted molar refractivity (Wildman–Crippen MR) is 76.5 cm³/mol. The lowest BCUT2D eigenvalue weighted by atomic mass is 10.1. The second-order valence-electron chi connectivity index (χ2n) is 5.39. The van der Waals surface area contributed by atoms with Crippen molar-refractivity contribution in [3.8, 4) is 0 Å². The Bertz CT molecular complexity index is 448. The maximum atomic E-state index is 12.4. The fourth-order valence-electron chi connectivity index (χ4n) is 2.65. The van der Waals surface area contributed by atoms with E-state index in [1.807, 2.05) is 29.2 Å². The molecule has 102 valence electrons. The highest BCUT2D eigenvalue weighted by atomic mass is 35.5. The van der Waals surface area contributed by atoms with E-state index in [4.69, 9.17) is 11.6 Å². The molecule has 0 spiro atoms. The van der Waals surface area contributed by atoms with Crippen LogP contribution in [0.25, 0.3) is 0 Å². The molecule has 4 heteroatoms. The highest BCUT2D eigenvalue weighted by Crippen LogP contribution is 2.27. The summed E-state index contributed by atoms with van der Waals surface area (Å²) in [5, 5.41) is 0. The Kier molecular flexibility index (Phi) is 3.76. The van der Waals surface area contributed by atoms with E-state index in [0.29, 0.717) is 5.88 Å². The first-order valence-electron chi connectivity index (χ1n) is 6.96. The van der Waals surface area contributed by atoms with Gasteiger partial charge in [0, 0.05) is 43.7 Å². The summed E-state index contributed by atoms with van der Waals surface area (Å²) in [6, 6.07) is 8.43. The molecule has 1 saturated carbocycles. The number of alkyl halides is 1. The molecule has 3 nitrogen and oxygen atoms in total. The summed E-state index contributed by atoms with van der Waals surface area (Å²) < 4.78 is 0. The quantitative estimate of drug-likeness (QED) is 0.793. The SMILES string of the molecule is O=C(c1ccc(CCl)cc1)N1CCN(C2CC2)CC1. The molecule has 0 N–H and O–H groups in total.